The highest BCUT2D eigenvalue weighted by Gasteiger charge is 2.18. The smallest absolute Gasteiger partial charge is 0.272 e. The summed E-state index contributed by atoms with van der Waals surface area (Å²) in [6.07, 6.45) is 3.97. The van der Waals surface area contributed by atoms with Crippen LogP contribution in [-0.2, 0) is 0 Å². The summed E-state index contributed by atoms with van der Waals surface area (Å²) in [6, 6.07) is 7.92. The van der Waals surface area contributed by atoms with Gasteiger partial charge in [0.2, 0.25) is 0 Å². The lowest BCUT2D eigenvalue weighted by molar-refractivity contribution is 0.0929. The van der Waals surface area contributed by atoms with Crippen LogP contribution in [0.3, 0.4) is 0 Å². The average molecular weight is 261 g/mol. The fraction of sp³-hybridized carbons (Fsp3) is 0.385. The Bertz CT molecular complexity index is 527. The number of rotatable bonds is 2. The maximum Gasteiger partial charge on any atom is 0.272 e. The minimum absolute atomic E-state index is 0.0596. The zero-order valence-corrected chi connectivity index (χ0v) is 10.8. The molecule has 5 heteroatoms. The molecule has 0 bridgehead atoms. The van der Waals surface area contributed by atoms with Gasteiger partial charge >= 0.3 is 0 Å². The van der Waals surface area contributed by atoms with Crippen LogP contribution in [0.4, 0.5) is 0 Å². The number of pyridine rings is 1. The number of hydrogen-bond acceptors (Lipinski definition) is 3. The molecule has 1 aliphatic rings. The molecule has 0 spiro atoms. The van der Waals surface area contributed by atoms with Gasteiger partial charge in [-0.25, -0.2) is 4.52 Å². The molecule has 0 atom stereocenters. The minimum atomic E-state index is -0.0596. The summed E-state index contributed by atoms with van der Waals surface area (Å²) < 4.78 is 1.73. The second-order valence-corrected chi connectivity index (χ2v) is 5.68. The zero-order chi connectivity index (χ0) is 12.4. The molecule has 94 valence electrons. The van der Waals surface area contributed by atoms with Crippen LogP contribution in [-0.4, -0.2) is 33.1 Å². The topological polar surface area (TPSA) is 46.4 Å². The molecule has 3 rings (SSSR count). The first-order valence-electron chi connectivity index (χ1n) is 6.16. The highest BCUT2D eigenvalue weighted by molar-refractivity contribution is 7.99. The van der Waals surface area contributed by atoms with Crippen molar-refractivity contribution in [2.45, 2.75) is 18.9 Å². The second-order valence-electron chi connectivity index (χ2n) is 4.46. The maximum atomic E-state index is 12.1. The third-order valence-corrected chi connectivity index (χ3v) is 4.21. The van der Waals surface area contributed by atoms with Crippen LogP contribution in [0.2, 0.25) is 0 Å². The first-order chi connectivity index (χ1) is 8.83. The molecule has 4 nitrogen and oxygen atoms in total. The van der Waals surface area contributed by atoms with Gasteiger partial charge in [0.25, 0.3) is 5.91 Å². The van der Waals surface area contributed by atoms with E-state index >= 15 is 0 Å². The van der Waals surface area contributed by atoms with E-state index in [0.29, 0.717) is 11.7 Å². The fourth-order valence-electron chi connectivity index (χ4n) is 2.15. The standard InChI is InChI=1S/C13H15N3OS/c17-13(14-10-4-7-18-8-5-10)12-9-11-3-1-2-6-16(11)15-12/h1-3,6,9-10H,4-5,7-8H2,(H,14,17). The molecule has 1 amide bonds. The van der Waals surface area contributed by atoms with Crippen LogP contribution in [0.5, 0.6) is 0 Å². The molecule has 2 aromatic rings. The quantitative estimate of drug-likeness (QED) is 0.899. The van der Waals surface area contributed by atoms with Crippen LogP contribution in [0.25, 0.3) is 5.52 Å². The van der Waals surface area contributed by atoms with E-state index in [1.807, 2.05) is 42.2 Å². The maximum absolute atomic E-state index is 12.1. The lowest BCUT2D eigenvalue weighted by Crippen LogP contribution is -2.37. The number of amides is 1. The Kier molecular flexibility index (Phi) is 3.23. The van der Waals surface area contributed by atoms with Crippen molar-refractivity contribution in [3.05, 3.63) is 36.2 Å². The largest absolute Gasteiger partial charge is 0.348 e. The van der Waals surface area contributed by atoms with Gasteiger partial charge in [-0.05, 0) is 42.5 Å². The Morgan fingerprint density at radius 2 is 2.22 bits per heavy atom. The number of thioether (sulfide) groups is 1. The van der Waals surface area contributed by atoms with Crippen molar-refractivity contribution in [1.29, 1.82) is 0 Å². The van der Waals surface area contributed by atoms with Crippen molar-refractivity contribution in [3.8, 4) is 0 Å². The van der Waals surface area contributed by atoms with Crippen molar-refractivity contribution < 1.29 is 4.79 Å². The van der Waals surface area contributed by atoms with Gasteiger partial charge in [0.05, 0.1) is 5.52 Å². The number of carbonyl (C=O) groups excluding carboxylic acids is 1. The SMILES string of the molecule is O=C(NC1CCSCC1)c1cc2ccccn2n1. The number of fused-ring (bicyclic) bond motifs is 1. The summed E-state index contributed by atoms with van der Waals surface area (Å²) in [5, 5.41) is 7.35. The number of aromatic nitrogens is 2. The number of hydrogen-bond donors (Lipinski definition) is 1. The van der Waals surface area contributed by atoms with E-state index < -0.39 is 0 Å². The summed E-state index contributed by atoms with van der Waals surface area (Å²) in [6.45, 7) is 0. The molecule has 0 aliphatic carbocycles. The molecular formula is C13H15N3OS. The molecule has 0 saturated carbocycles. The molecule has 1 aliphatic heterocycles. The molecule has 1 saturated heterocycles. The van der Waals surface area contributed by atoms with Gasteiger partial charge < -0.3 is 5.32 Å². The van der Waals surface area contributed by atoms with Crippen LogP contribution < -0.4 is 5.32 Å². The van der Waals surface area contributed by atoms with Crippen LogP contribution in [0, 0.1) is 0 Å². The van der Waals surface area contributed by atoms with Crippen LogP contribution >= 0.6 is 11.8 Å². The van der Waals surface area contributed by atoms with E-state index in [1.54, 1.807) is 4.52 Å². The van der Waals surface area contributed by atoms with Crippen LogP contribution in [0.1, 0.15) is 23.3 Å². The van der Waals surface area contributed by atoms with E-state index in [9.17, 15) is 4.79 Å². The Morgan fingerprint density at radius 1 is 1.39 bits per heavy atom. The Balaban J connectivity index is 1.74. The Morgan fingerprint density at radius 3 is 3.00 bits per heavy atom. The summed E-state index contributed by atoms with van der Waals surface area (Å²) in [5.41, 5.74) is 1.45. The molecule has 0 aromatic carbocycles. The molecule has 1 N–H and O–H groups in total. The first-order valence-corrected chi connectivity index (χ1v) is 7.31. The lowest BCUT2D eigenvalue weighted by atomic mass is 10.1. The monoisotopic (exact) mass is 261 g/mol. The van der Waals surface area contributed by atoms with Gasteiger partial charge in [0.1, 0.15) is 0 Å². The normalized spacial score (nSPS) is 16.9. The number of nitrogens with one attached hydrogen (secondary N) is 1. The second kappa shape index (κ2) is 5.02. The zero-order valence-electron chi connectivity index (χ0n) is 10.0. The van der Waals surface area contributed by atoms with E-state index in [1.165, 1.54) is 0 Å². The van der Waals surface area contributed by atoms with Crippen molar-refractivity contribution in [2.75, 3.05) is 11.5 Å². The van der Waals surface area contributed by atoms with Gasteiger partial charge in [-0.2, -0.15) is 16.9 Å². The van der Waals surface area contributed by atoms with Gasteiger partial charge in [-0.15, -0.1) is 0 Å². The Labute approximate surface area is 110 Å². The molecule has 1 fully saturated rings. The highest BCUT2D eigenvalue weighted by atomic mass is 32.2. The highest BCUT2D eigenvalue weighted by Crippen LogP contribution is 2.17. The van der Waals surface area contributed by atoms with Crippen molar-refractivity contribution in [3.63, 3.8) is 0 Å². The number of carbonyl (C=O) groups is 1. The van der Waals surface area contributed by atoms with Gasteiger partial charge in [-0.3, -0.25) is 4.79 Å². The summed E-state index contributed by atoms with van der Waals surface area (Å²) in [4.78, 5) is 12.1. The third kappa shape index (κ3) is 2.36. The van der Waals surface area contributed by atoms with Gasteiger partial charge in [-0.1, -0.05) is 6.07 Å². The third-order valence-electron chi connectivity index (χ3n) is 3.16. The minimum Gasteiger partial charge on any atom is -0.348 e. The van der Waals surface area contributed by atoms with Crippen molar-refractivity contribution in [2.24, 2.45) is 0 Å². The molecular weight excluding hydrogens is 246 g/mol. The van der Waals surface area contributed by atoms with E-state index in [4.69, 9.17) is 0 Å². The molecule has 0 radical (unpaired) electrons. The predicted molar refractivity (Wildman–Crippen MR) is 73.0 cm³/mol. The number of nitrogens with zero attached hydrogens (tertiary/aromatic N) is 2. The average Bonchev–Trinajstić information content (AvgIpc) is 2.84. The van der Waals surface area contributed by atoms with Crippen molar-refractivity contribution in [1.82, 2.24) is 14.9 Å². The van der Waals surface area contributed by atoms with Gasteiger partial charge in [0, 0.05) is 12.2 Å². The summed E-state index contributed by atoms with van der Waals surface area (Å²) in [7, 11) is 0. The molecule has 18 heavy (non-hydrogen) atoms. The molecule has 2 aromatic heterocycles. The van der Waals surface area contributed by atoms with Crippen molar-refractivity contribution >= 4 is 23.2 Å². The van der Waals surface area contributed by atoms with Crippen LogP contribution in [0.15, 0.2) is 30.5 Å². The molecule has 0 unspecified atom stereocenters. The van der Waals surface area contributed by atoms with E-state index in [0.717, 1.165) is 29.9 Å². The predicted octanol–water partition coefficient (Wildman–Crippen LogP) is 1.96. The Hall–Kier alpha value is -1.49. The summed E-state index contributed by atoms with van der Waals surface area (Å²) >= 11 is 1.95. The summed E-state index contributed by atoms with van der Waals surface area (Å²) in [5.74, 6) is 2.21. The van der Waals surface area contributed by atoms with E-state index in [-0.39, 0.29) is 5.91 Å². The fourth-order valence-corrected chi connectivity index (χ4v) is 3.26. The molecule has 3 heterocycles. The first kappa shape index (κ1) is 11.6. The van der Waals surface area contributed by atoms with Gasteiger partial charge in [0.15, 0.2) is 5.69 Å². The lowest BCUT2D eigenvalue weighted by Gasteiger charge is -2.21. The van der Waals surface area contributed by atoms with E-state index in [2.05, 4.69) is 10.4 Å².